The van der Waals surface area contributed by atoms with Crippen LogP contribution in [0.3, 0.4) is 0 Å². The summed E-state index contributed by atoms with van der Waals surface area (Å²) >= 11 is 0. The smallest absolute Gasteiger partial charge is 0.305 e. The molecule has 0 radical (unpaired) electrons. The minimum atomic E-state index is -0.0614. The van der Waals surface area contributed by atoms with Crippen molar-refractivity contribution in [1.82, 2.24) is 0 Å². The van der Waals surface area contributed by atoms with Crippen molar-refractivity contribution >= 4 is 5.97 Å². The predicted molar refractivity (Wildman–Crippen MR) is 89.3 cm³/mol. The van der Waals surface area contributed by atoms with Gasteiger partial charge in [-0.05, 0) is 18.3 Å². The van der Waals surface area contributed by atoms with Crippen molar-refractivity contribution in [1.29, 1.82) is 0 Å². The maximum Gasteiger partial charge on any atom is 0.305 e. The van der Waals surface area contributed by atoms with E-state index in [9.17, 15) is 4.79 Å². The largest absolute Gasteiger partial charge is 0.469 e. The van der Waals surface area contributed by atoms with Crippen LogP contribution in [0.25, 0.3) is 0 Å². The van der Waals surface area contributed by atoms with Gasteiger partial charge in [0.1, 0.15) is 0 Å². The molecule has 1 fully saturated rings. The molecule has 0 unspecified atom stereocenters. The van der Waals surface area contributed by atoms with E-state index < -0.39 is 0 Å². The molecule has 21 heavy (non-hydrogen) atoms. The van der Waals surface area contributed by atoms with Crippen LogP contribution >= 0.6 is 0 Å². The number of methoxy groups -OCH3 is 1. The second-order valence-corrected chi connectivity index (χ2v) is 6.91. The van der Waals surface area contributed by atoms with Crippen molar-refractivity contribution in [3.8, 4) is 0 Å². The second kappa shape index (κ2) is 12.1. The Morgan fingerprint density at radius 2 is 1.38 bits per heavy atom. The van der Waals surface area contributed by atoms with Crippen molar-refractivity contribution in [2.75, 3.05) is 7.11 Å². The molecule has 0 saturated heterocycles. The molecule has 0 N–H and O–H groups in total. The number of ether oxygens (including phenoxy) is 1. The van der Waals surface area contributed by atoms with Gasteiger partial charge in [-0.15, -0.1) is 0 Å². The van der Waals surface area contributed by atoms with Crippen LogP contribution in [0.1, 0.15) is 96.8 Å². The van der Waals surface area contributed by atoms with Gasteiger partial charge in [-0.3, -0.25) is 4.79 Å². The maximum atomic E-state index is 11.0. The van der Waals surface area contributed by atoms with Gasteiger partial charge in [-0.25, -0.2) is 0 Å². The van der Waals surface area contributed by atoms with E-state index in [1.807, 2.05) is 0 Å². The third-order valence-corrected chi connectivity index (χ3v) is 5.13. The van der Waals surface area contributed by atoms with Crippen molar-refractivity contribution in [3.05, 3.63) is 0 Å². The van der Waals surface area contributed by atoms with E-state index >= 15 is 0 Å². The molecular formula is C19H36O2. The van der Waals surface area contributed by atoms with E-state index in [4.69, 9.17) is 0 Å². The van der Waals surface area contributed by atoms with Crippen molar-refractivity contribution < 1.29 is 9.53 Å². The Hall–Kier alpha value is -0.530. The molecular weight excluding hydrogens is 260 g/mol. The van der Waals surface area contributed by atoms with Crippen LogP contribution in [0.2, 0.25) is 0 Å². The summed E-state index contributed by atoms with van der Waals surface area (Å²) in [5.74, 6) is 2.01. The standard InChI is InChI=1S/C19H36O2/c1-3-10-17-13-15-18(16-14-17)11-8-6-4-5-7-9-12-19(20)21-2/h17-18H,3-16H2,1-2H3. The van der Waals surface area contributed by atoms with E-state index in [-0.39, 0.29) is 5.97 Å². The zero-order valence-corrected chi connectivity index (χ0v) is 14.4. The Morgan fingerprint density at radius 3 is 1.95 bits per heavy atom. The number of hydrogen-bond acceptors (Lipinski definition) is 2. The fraction of sp³-hybridized carbons (Fsp3) is 0.947. The summed E-state index contributed by atoms with van der Waals surface area (Å²) in [6.07, 6.45) is 18.4. The molecule has 0 amide bonds. The summed E-state index contributed by atoms with van der Waals surface area (Å²) in [7, 11) is 1.47. The normalized spacial score (nSPS) is 22.2. The minimum Gasteiger partial charge on any atom is -0.469 e. The lowest BCUT2D eigenvalue weighted by Gasteiger charge is -2.28. The number of hydrogen-bond donors (Lipinski definition) is 0. The number of carbonyl (C=O) groups excluding carboxylic acids is 1. The van der Waals surface area contributed by atoms with E-state index in [1.54, 1.807) is 0 Å². The molecule has 0 aromatic carbocycles. The zero-order valence-electron chi connectivity index (χ0n) is 14.4. The molecule has 0 heterocycles. The summed E-state index contributed by atoms with van der Waals surface area (Å²) in [5.41, 5.74) is 0. The number of esters is 1. The first-order valence-corrected chi connectivity index (χ1v) is 9.33. The highest BCUT2D eigenvalue weighted by Crippen LogP contribution is 2.34. The van der Waals surface area contributed by atoms with Gasteiger partial charge in [0.05, 0.1) is 7.11 Å². The highest BCUT2D eigenvalue weighted by Gasteiger charge is 2.19. The number of rotatable bonds is 11. The Kier molecular flexibility index (Phi) is 10.6. The molecule has 1 rings (SSSR count). The summed E-state index contributed by atoms with van der Waals surface area (Å²) in [4.78, 5) is 11.0. The quantitative estimate of drug-likeness (QED) is 0.351. The Bertz CT molecular complexity index is 254. The number of unbranched alkanes of at least 4 members (excludes halogenated alkanes) is 5. The predicted octanol–water partition coefficient (Wildman–Crippen LogP) is 5.89. The maximum absolute atomic E-state index is 11.0. The summed E-state index contributed by atoms with van der Waals surface area (Å²) < 4.78 is 4.65. The van der Waals surface area contributed by atoms with Gasteiger partial charge in [0.25, 0.3) is 0 Å². The van der Waals surface area contributed by atoms with Crippen LogP contribution in [-0.2, 0) is 9.53 Å². The van der Waals surface area contributed by atoms with E-state index in [1.165, 1.54) is 84.2 Å². The van der Waals surface area contributed by atoms with Crippen LogP contribution in [0.4, 0.5) is 0 Å². The van der Waals surface area contributed by atoms with Crippen LogP contribution < -0.4 is 0 Å². The Balaban J connectivity index is 1.86. The molecule has 1 saturated carbocycles. The van der Waals surface area contributed by atoms with Gasteiger partial charge in [0.15, 0.2) is 0 Å². The molecule has 0 aliphatic heterocycles. The van der Waals surface area contributed by atoms with Crippen LogP contribution in [-0.4, -0.2) is 13.1 Å². The highest BCUT2D eigenvalue weighted by atomic mass is 16.5. The first kappa shape index (κ1) is 18.5. The SMILES string of the molecule is CCCC1CCC(CCCCCCCCC(=O)OC)CC1. The Labute approximate surface area is 132 Å². The van der Waals surface area contributed by atoms with Gasteiger partial charge >= 0.3 is 5.97 Å². The van der Waals surface area contributed by atoms with Crippen molar-refractivity contribution in [2.24, 2.45) is 11.8 Å². The van der Waals surface area contributed by atoms with E-state index in [0.29, 0.717) is 6.42 Å². The average Bonchev–Trinajstić information content (AvgIpc) is 2.51. The summed E-state index contributed by atoms with van der Waals surface area (Å²) in [6.45, 7) is 2.32. The summed E-state index contributed by atoms with van der Waals surface area (Å²) in [5, 5.41) is 0. The minimum absolute atomic E-state index is 0.0614. The topological polar surface area (TPSA) is 26.3 Å². The first-order chi connectivity index (χ1) is 10.3. The van der Waals surface area contributed by atoms with Crippen LogP contribution in [0, 0.1) is 11.8 Å². The lowest BCUT2D eigenvalue weighted by atomic mass is 9.78. The average molecular weight is 296 g/mol. The van der Waals surface area contributed by atoms with Crippen molar-refractivity contribution in [3.63, 3.8) is 0 Å². The van der Waals surface area contributed by atoms with Crippen LogP contribution in [0.15, 0.2) is 0 Å². The third-order valence-electron chi connectivity index (χ3n) is 5.13. The molecule has 2 nitrogen and oxygen atoms in total. The number of carbonyl (C=O) groups is 1. The second-order valence-electron chi connectivity index (χ2n) is 6.91. The molecule has 0 aromatic rings. The lowest BCUT2D eigenvalue weighted by molar-refractivity contribution is -0.140. The fourth-order valence-corrected chi connectivity index (χ4v) is 3.73. The highest BCUT2D eigenvalue weighted by molar-refractivity contribution is 5.68. The Morgan fingerprint density at radius 1 is 0.857 bits per heavy atom. The third kappa shape index (κ3) is 9.16. The molecule has 0 bridgehead atoms. The lowest BCUT2D eigenvalue weighted by Crippen LogP contribution is -2.14. The molecule has 2 heteroatoms. The van der Waals surface area contributed by atoms with Gasteiger partial charge in [0.2, 0.25) is 0 Å². The molecule has 0 aromatic heterocycles. The molecule has 1 aliphatic rings. The monoisotopic (exact) mass is 296 g/mol. The molecule has 0 spiro atoms. The molecule has 0 atom stereocenters. The van der Waals surface area contributed by atoms with E-state index in [2.05, 4.69) is 11.7 Å². The van der Waals surface area contributed by atoms with Crippen molar-refractivity contribution in [2.45, 2.75) is 96.8 Å². The van der Waals surface area contributed by atoms with Crippen LogP contribution in [0.5, 0.6) is 0 Å². The van der Waals surface area contributed by atoms with Gasteiger partial charge in [-0.1, -0.05) is 84.0 Å². The van der Waals surface area contributed by atoms with E-state index in [0.717, 1.165) is 18.3 Å². The molecule has 1 aliphatic carbocycles. The fourth-order valence-electron chi connectivity index (χ4n) is 3.73. The van der Waals surface area contributed by atoms with Gasteiger partial charge in [-0.2, -0.15) is 0 Å². The van der Waals surface area contributed by atoms with Gasteiger partial charge in [0, 0.05) is 6.42 Å². The van der Waals surface area contributed by atoms with Gasteiger partial charge < -0.3 is 4.74 Å². The zero-order chi connectivity index (χ0) is 15.3. The summed E-state index contributed by atoms with van der Waals surface area (Å²) in [6, 6.07) is 0. The first-order valence-electron chi connectivity index (χ1n) is 9.33. The molecule has 124 valence electrons.